The average molecular weight is 228 g/mol. The number of hydrogen-bond acceptors (Lipinski definition) is 5. The Kier molecular flexibility index (Phi) is 8.87. The summed E-state index contributed by atoms with van der Waals surface area (Å²) in [5, 5.41) is 13.6. The van der Waals surface area contributed by atoms with Gasteiger partial charge in [-0.1, -0.05) is 0 Å². The van der Waals surface area contributed by atoms with Gasteiger partial charge in [-0.15, -0.1) is 0 Å². The van der Waals surface area contributed by atoms with Crippen molar-refractivity contribution in [1.82, 2.24) is 10.6 Å². The summed E-state index contributed by atoms with van der Waals surface area (Å²) in [5.41, 5.74) is 4.85. The van der Waals surface area contributed by atoms with Gasteiger partial charge in [-0.3, -0.25) is 9.59 Å². The molecular weight excluding hydrogens is 212 g/mol. The lowest BCUT2D eigenvalue weighted by Gasteiger charge is -2.05. The molecule has 4 N–H and O–H groups in total. The van der Waals surface area contributed by atoms with Gasteiger partial charge in [0.05, 0.1) is 25.6 Å². The minimum Gasteiger partial charge on any atom is -0.370 e. The Morgan fingerprint density at radius 1 is 1.38 bits per heavy atom. The van der Waals surface area contributed by atoms with Crippen molar-refractivity contribution < 1.29 is 14.3 Å². The molecule has 7 heteroatoms. The molecule has 0 heterocycles. The Balaban J connectivity index is 3.22. The zero-order chi connectivity index (χ0) is 12.2. The molecule has 0 spiro atoms. The molecule has 0 aliphatic rings. The Morgan fingerprint density at radius 2 is 2.12 bits per heavy atom. The number of carbonyl (C=O) groups excluding carboxylic acids is 2. The van der Waals surface area contributed by atoms with E-state index in [0.717, 1.165) is 0 Å². The van der Waals surface area contributed by atoms with Gasteiger partial charge in [0, 0.05) is 13.1 Å². The van der Waals surface area contributed by atoms with Crippen LogP contribution >= 0.6 is 0 Å². The number of hydrogen-bond donors (Lipinski definition) is 3. The van der Waals surface area contributed by atoms with E-state index < -0.39 is 5.91 Å². The van der Waals surface area contributed by atoms with Crippen molar-refractivity contribution in [2.75, 3.05) is 32.8 Å². The Hall–Kier alpha value is -1.65. The van der Waals surface area contributed by atoms with Crippen LogP contribution in [0.4, 0.5) is 0 Å². The predicted molar refractivity (Wildman–Crippen MR) is 56.1 cm³/mol. The smallest absolute Gasteiger partial charge is 0.243 e. The SMILES string of the molecule is N#CCCNC(=O)CNCCOCC(N)=O. The topological polar surface area (TPSA) is 117 Å². The molecule has 90 valence electrons. The van der Waals surface area contributed by atoms with E-state index in [-0.39, 0.29) is 19.1 Å². The largest absolute Gasteiger partial charge is 0.370 e. The van der Waals surface area contributed by atoms with Crippen molar-refractivity contribution in [3.63, 3.8) is 0 Å². The fraction of sp³-hybridized carbons (Fsp3) is 0.667. The first kappa shape index (κ1) is 14.3. The second-order valence-corrected chi connectivity index (χ2v) is 2.95. The highest BCUT2D eigenvalue weighted by Gasteiger charge is 1.99. The van der Waals surface area contributed by atoms with Gasteiger partial charge >= 0.3 is 0 Å². The molecule has 0 atom stereocenters. The number of nitrogens with zero attached hydrogens (tertiary/aromatic N) is 1. The van der Waals surface area contributed by atoms with E-state index in [1.165, 1.54) is 0 Å². The van der Waals surface area contributed by atoms with Crippen LogP contribution < -0.4 is 16.4 Å². The zero-order valence-electron chi connectivity index (χ0n) is 8.99. The van der Waals surface area contributed by atoms with E-state index >= 15 is 0 Å². The normalized spacial score (nSPS) is 9.44. The second-order valence-electron chi connectivity index (χ2n) is 2.95. The van der Waals surface area contributed by atoms with Gasteiger partial charge in [-0.05, 0) is 0 Å². The van der Waals surface area contributed by atoms with Gasteiger partial charge in [-0.25, -0.2) is 0 Å². The lowest BCUT2D eigenvalue weighted by Crippen LogP contribution is -2.35. The van der Waals surface area contributed by atoms with E-state index in [1.54, 1.807) is 0 Å². The van der Waals surface area contributed by atoms with Gasteiger partial charge < -0.3 is 21.1 Å². The number of ether oxygens (including phenoxy) is 1. The standard InChI is InChI=1S/C9H16N4O3/c10-2-1-3-13-9(15)6-12-4-5-16-7-8(11)14/h12H,1,3-7H2,(H2,11,14)(H,13,15). The molecule has 2 amide bonds. The quantitative estimate of drug-likeness (QED) is 0.399. The van der Waals surface area contributed by atoms with E-state index in [1.807, 2.05) is 6.07 Å². The molecular formula is C9H16N4O3. The van der Waals surface area contributed by atoms with E-state index in [0.29, 0.717) is 26.1 Å². The first-order valence-electron chi connectivity index (χ1n) is 4.87. The lowest BCUT2D eigenvalue weighted by atomic mass is 10.4. The second kappa shape index (κ2) is 9.89. The summed E-state index contributed by atoms with van der Waals surface area (Å²) >= 11 is 0. The maximum atomic E-state index is 11.1. The van der Waals surface area contributed by atoms with E-state index in [2.05, 4.69) is 10.6 Å². The Labute approximate surface area is 93.9 Å². The molecule has 0 saturated carbocycles. The number of carbonyl (C=O) groups is 2. The average Bonchev–Trinajstić information content (AvgIpc) is 2.23. The van der Waals surface area contributed by atoms with E-state index in [9.17, 15) is 9.59 Å². The summed E-state index contributed by atoms with van der Waals surface area (Å²) in [6.45, 7) is 1.17. The molecule has 0 aromatic rings. The van der Waals surface area contributed by atoms with Gasteiger partial charge in [0.2, 0.25) is 11.8 Å². The van der Waals surface area contributed by atoms with Crippen molar-refractivity contribution >= 4 is 11.8 Å². The highest BCUT2D eigenvalue weighted by molar-refractivity contribution is 5.77. The minimum absolute atomic E-state index is 0.115. The number of nitrogens with two attached hydrogens (primary N) is 1. The maximum Gasteiger partial charge on any atom is 0.243 e. The summed E-state index contributed by atoms with van der Waals surface area (Å²) < 4.78 is 4.86. The molecule has 0 aromatic carbocycles. The Morgan fingerprint density at radius 3 is 2.75 bits per heavy atom. The number of amides is 2. The van der Waals surface area contributed by atoms with Gasteiger partial charge in [0.25, 0.3) is 0 Å². The highest BCUT2D eigenvalue weighted by atomic mass is 16.5. The molecule has 7 nitrogen and oxygen atoms in total. The fourth-order valence-electron chi connectivity index (χ4n) is 0.839. The molecule has 0 fully saturated rings. The molecule has 0 rings (SSSR count). The molecule has 0 saturated heterocycles. The third-order valence-electron chi connectivity index (χ3n) is 1.51. The van der Waals surface area contributed by atoms with Crippen molar-refractivity contribution in [1.29, 1.82) is 5.26 Å². The van der Waals surface area contributed by atoms with Crippen LogP contribution in [0.3, 0.4) is 0 Å². The zero-order valence-corrected chi connectivity index (χ0v) is 8.99. The molecule has 16 heavy (non-hydrogen) atoms. The highest BCUT2D eigenvalue weighted by Crippen LogP contribution is 1.73. The van der Waals surface area contributed by atoms with Crippen LogP contribution in [0.1, 0.15) is 6.42 Å². The first-order chi connectivity index (χ1) is 7.66. The van der Waals surface area contributed by atoms with Crippen LogP contribution in [0.15, 0.2) is 0 Å². The van der Waals surface area contributed by atoms with E-state index in [4.69, 9.17) is 15.7 Å². The molecule has 0 unspecified atom stereocenters. The van der Waals surface area contributed by atoms with Crippen LogP contribution in [0, 0.1) is 11.3 Å². The lowest BCUT2D eigenvalue weighted by molar-refractivity contribution is -0.123. The molecule has 0 aliphatic heterocycles. The number of nitrogens with one attached hydrogen (secondary N) is 2. The molecule has 0 bridgehead atoms. The van der Waals surface area contributed by atoms with Gasteiger partial charge in [0.1, 0.15) is 6.61 Å². The molecule has 0 aromatic heterocycles. The summed E-state index contributed by atoms with van der Waals surface area (Å²) in [6, 6.07) is 1.92. The summed E-state index contributed by atoms with van der Waals surface area (Å²) in [6.07, 6.45) is 0.299. The van der Waals surface area contributed by atoms with Crippen LogP contribution in [0.2, 0.25) is 0 Å². The minimum atomic E-state index is -0.519. The van der Waals surface area contributed by atoms with Gasteiger partial charge in [0.15, 0.2) is 0 Å². The number of rotatable bonds is 9. The Bertz CT molecular complexity index is 262. The predicted octanol–water partition coefficient (Wildman–Crippen LogP) is -1.89. The summed E-state index contributed by atoms with van der Waals surface area (Å²) in [5.74, 6) is -0.695. The third kappa shape index (κ3) is 10.4. The van der Waals surface area contributed by atoms with Crippen molar-refractivity contribution in [2.24, 2.45) is 5.73 Å². The van der Waals surface area contributed by atoms with Crippen molar-refractivity contribution in [3.05, 3.63) is 0 Å². The van der Waals surface area contributed by atoms with Crippen LogP contribution in [0.5, 0.6) is 0 Å². The van der Waals surface area contributed by atoms with Crippen LogP contribution in [-0.4, -0.2) is 44.7 Å². The number of primary amides is 1. The molecule has 0 aliphatic carbocycles. The van der Waals surface area contributed by atoms with Gasteiger partial charge in [-0.2, -0.15) is 5.26 Å². The number of nitriles is 1. The molecule has 0 radical (unpaired) electrons. The summed E-state index contributed by atoms with van der Waals surface area (Å²) in [7, 11) is 0. The third-order valence-corrected chi connectivity index (χ3v) is 1.51. The van der Waals surface area contributed by atoms with Crippen LogP contribution in [0.25, 0.3) is 0 Å². The fourth-order valence-corrected chi connectivity index (χ4v) is 0.839. The monoisotopic (exact) mass is 228 g/mol. The summed E-state index contributed by atoms with van der Waals surface area (Å²) in [4.78, 5) is 21.3. The van der Waals surface area contributed by atoms with Crippen LogP contribution in [-0.2, 0) is 14.3 Å². The maximum absolute atomic E-state index is 11.1. The van der Waals surface area contributed by atoms with Crippen molar-refractivity contribution in [2.45, 2.75) is 6.42 Å². The first-order valence-corrected chi connectivity index (χ1v) is 4.87. The van der Waals surface area contributed by atoms with Crippen molar-refractivity contribution in [3.8, 4) is 6.07 Å².